The highest BCUT2D eigenvalue weighted by atomic mass is 19.1. The van der Waals surface area contributed by atoms with Crippen molar-refractivity contribution in [1.82, 2.24) is 0 Å². The Hall–Kier alpha value is -1.87. The van der Waals surface area contributed by atoms with Crippen LogP contribution in [0.5, 0.6) is 5.75 Å². The molecule has 2 aromatic carbocycles. The first-order chi connectivity index (χ1) is 8.22. The highest BCUT2D eigenvalue weighted by Gasteiger charge is 2.28. The summed E-state index contributed by atoms with van der Waals surface area (Å²) in [5, 5.41) is 0. The first-order valence-corrected chi connectivity index (χ1v) is 5.44. The van der Waals surface area contributed by atoms with Gasteiger partial charge in [-0.3, -0.25) is 0 Å². The van der Waals surface area contributed by atoms with Gasteiger partial charge in [0.15, 0.2) is 0 Å². The van der Waals surface area contributed by atoms with Gasteiger partial charge in [-0.2, -0.15) is 0 Å². The zero-order valence-electron chi connectivity index (χ0n) is 9.41. The van der Waals surface area contributed by atoms with Gasteiger partial charge >= 0.3 is 0 Å². The molecule has 17 heavy (non-hydrogen) atoms. The van der Waals surface area contributed by atoms with Crippen molar-refractivity contribution < 1.29 is 9.13 Å². The molecule has 0 amide bonds. The predicted molar refractivity (Wildman–Crippen MR) is 64.4 cm³/mol. The molecule has 3 heteroatoms. The summed E-state index contributed by atoms with van der Waals surface area (Å²) in [6.07, 6.45) is 0. The first kappa shape index (κ1) is 10.3. The summed E-state index contributed by atoms with van der Waals surface area (Å²) >= 11 is 0. The fourth-order valence-corrected chi connectivity index (χ4v) is 2.45. The van der Waals surface area contributed by atoms with Crippen LogP contribution in [0.1, 0.15) is 17.2 Å². The van der Waals surface area contributed by atoms with Crippen LogP contribution in [-0.4, -0.2) is 7.11 Å². The standard InChI is InChI=1S/C14H12FNO/c1-17-12-4-2-3-10-13(12)9-6-5-8(15)7-11(9)14(10)16/h2-7,14H,16H2,1H3. The number of methoxy groups -OCH3 is 1. The zero-order chi connectivity index (χ0) is 12.0. The zero-order valence-corrected chi connectivity index (χ0v) is 9.41. The molecule has 1 atom stereocenters. The summed E-state index contributed by atoms with van der Waals surface area (Å²) < 4.78 is 18.6. The van der Waals surface area contributed by atoms with Gasteiger partial charge in [0.2, 0.25) is 0 Å². The Balaban J connectivity index is 2.33. The van der Waals surface area contributed by atoms with Gasteiger partial charge in [-0.25, -0.2) is 4.39 Å². The minimum Gasteiger partial charge on any atom is -0.496 e. The largest absolute Gasteiger partial charge is 0.496 e. The van der Waals surface area contributed by atoms with Crippen molar-refractivity contribution in [2.75, 3.05) is 7.11 Å². The Bertz CT molecular complexity index is 593. The van der Waals surface area contributed by atoms with E-state index in [2.05, 4.69) is 0 Å². The van der Waals surface area contributed by atoms with Crippen molar-refractivity contribution in [2.45, 2.75) is 6.04 Å². The molecular weight excluding hydrogens is 217 g/mol. The maximum atomic E-state index is 13.3. The average Bonchev–Trinajstić information content (AvgIpc) is 2.63. The molecule has 0 saturated heterocycles. The summed E-state index contributed by atoms with van der Waals surface area (Å²) in [7, 11) is 1.63. The van der Waals surface area contributed by atoms with E-state index in [4.69, 9.17) is 10.5 Å². The maximum absolute atomic E-state index is 13.3. The lowest BCUT2D eigenvalue weighted by Gasteiger charge is -2.08. The molecule has 86 valence electrons. The van der Waals surface area contributed by atoms with Crippen LogP contribution in [0.25, 0.3) is 11.1 Å². The van der Waals surface area contributed by atoms with Crippen LogP contribution in [0.2, 0.25) is 0 Å². The maximum Gasteiger partial charge on any atom is 0.127 e. The van der Waals surface area contributed by atoms with Gasteiger partial charge in [-0.1, -0.05) is 18.2 Å². The molecule has 0 spiro atoms. The molecule has 2 N–H and O–H groups in total. The molecule has 1 aliphatic rings. The van der Waals surface area contributed by atoms with E-state index in [1.165, 1.54) is 12.1 Å². The molecule has 0 bridgehead atoms. The highest BCUT2D eigenvalue weighted by molar-refractivity contribution is 5.83. The molecule has 3 rings (SSSR count). The number of fused-ring (bicyclic) bond motifs is 3. The Morgan fingerprint density at radius 3 is 2.76 bits per heavy atom. The monoisotopic (exact) mass is 229 g/mol. The lowest BCUT2D eigenvalue weighted by Crippen LogP contribution is -2.08. The van der Waals surface area contributed by atoms with E-state index in [1.807, 2.05) is 18.2 Å². The third kappa shape index (κ3) is 1.36. The van der Waals surface area contributed by atoms with Crippen LogP contribution in [0.15, 0.2) is 36.4 Å². The fourth-order valence-electron chi connectivity index (χ4n) is 2.45. The number of rotatable bonds is 1. The molecule has 0 aliphatic heterocycles. The van der Waals surface area contributed by atoms with E-state index < -0.39 is 0 Å². The molecule has 0 radical (unpaired) electrons. The predicted octanol–water partition coefficient (Wildman–Crippen LogP) is 2.86. The number of benzene rings is 2. The Kier molecular flexibility index (Phi) is 2.16. The molecule has 0 aromatic heterocycles. The van der Waals surface area contributed by atoms with Crippen molar-refractivity contribution >= 4 is 0 Å². The number of hydrogen-bond acceptors (Lipinski definition) is 2. The van der Waals surface area contributed by atoms with E-state index in [0.717, 1.165) is 28.0 Å². The molecule has 0 saturated carbocycles. The number of halogens is 1. The van der Waals surface area contributed by atoms with Crippen LogP contribution >= 0.6 is 0 Å². The normalized spacial score (nSPS) is 16.5. The molecule has 0 heterocycles. The van der Waals surface area contributed by atoms with Gasteiger partial charge < -0.3 is 10.5 Å². The lowest BCUT2D eigenvalue weighted by atomic mass is 10.0. The minimum absolute atomic E-state index is 0.258. The Morgan fingerprint density at radius 2 is 2.00 bits per heavy atom. The molecule has 1 aliphatic carbocycles. The first-order valence-electron chi connectivity index (χ1n) is 5.44. The molecular formula is C14H12FNO. The van der Waals surface area contributed by atoms with E-state index >= 15 is 0 Å². The number of ether oxygens (including phenoxy) is 1. The van der Waals surface area contributed by atoms with Crippen molar-refractivity contribution in [1.29, 1.82) is 0 Å². The Morgan fingerprint density at radius 1 is 1.18 bits per heavy atom. The SMILES string of the molecule is COc1cccc2c1-c1ccc(F)cc1C2N. The number of nitrogens with two attached hydrogens (primary N) is 1. The second kappa shape index (κ2) is 3.57. The van der Waals surface area contributed by atoms with Crippen LogP contribution in [0, 0.1) is 5.82 Å². The Labute approximate surface area is 98.8 Å². The highest BCUT2D eigenvalue weighted by Crippen LogP contribution is 2.46. The quantitative estimate of drug-likeness (QED) is 0.816. The van der Waals surface area contributed by atoms with Crippen molar-refractivity contribution in [3.05, 3.63) is 53.3 Å². The molecule has 2 aromatic rings. The van der Waals surface area contributed by atoms with Crippen molar-refractivity contribution in [3.63, 3.8) is 0 Å². The summed E-state index contributed by atoms with van der Waals surface area (Å²) in [5.41, 5.74) is 9.89. The second-order valence-corrected chi connectivity index (χ2v) is 4.13. The lowest BCUT2D eigenvalue weighted by molar-refractivity contribution is 0.416. The van der Waals surface area contributed by atoms with Crippen molar-refractivity contribution in [2.24, 2.45) is 5.73 Å². The third-order valence-corrected chi connectivity index (χ3v) is 3.23. The van der Waals surface area contributed by atoms with Gasteiger partial charge in [0.25, 0.3) is 0 Å². The van der Waals surface area contributed by atoms with Gasteiger partial charge in [0, 0.05) is 5.56 Å². The molecule has 2 nitrogen and oxygen atoms in total. The smallest absolute Gasteiger partial charge is 0.127 e. The van der Waals surface area contributed by atoms with Crippen LogP contribution in [0.4, 0.5) is 4.39 Å². The summed E-state index contributed by atoms with van der Waals surface area (Å²) in [6, 6.07) is 10.2. The topological polar surface area (TPSA) is 35.2 Å². The van der Waals surface area contributed by atoms with E-state index in [9.17, 15) is 4.39 Å². The fraction of sp³-hybridized carbons (Fsp3) is 0.143. The average molecular weight is 229 g/mol. The van der Waals surface area contributed by atoms with Gasteiger partial charge in [0.1, 0.15) is 11.6 Å². The molecule has 1 unspecified atom stereocenters. The summed E-state index contributed by atoms with van der Waals surface area (Å²) in [6.45, 7) is 0. The third-order valence-electron chi connectivity index (χ3n) is 3.23. The summed E-state index contributed by atoms with van der Waals surface area (Å²) in [5.74, 6) is 0.522. The van der Waals surface area contributed by atoms with Crippen molar-refractivity contribution in [3.8, 4) is 16.9 Å². The van der Waals surface area contributed by atoms with Crippen LogP contribution < -0.4 is 10.5 Å². The second-order valence-electron chi connectivity index (χ2n) is 4.13. The van der Waals surface area contributed by atoms with Crippen LogP contribution in [0.3, 0.4) is 0 Å². The van der Waals surface area contributed by atoms with Crippen LogP contribution in [-0.2, 0) is 0 Å². The summed E-state index contributed by atoms with van der Waals surface area (Å²) in [4.78, 5) is 0. The van der Waals surface area contributed by atoms with E-state index in [0.29, 0.717) is 0 Å². The number of hydrogen-bond donors (Lipinski definition) is 1. The molecule has 0 fully saturated rings. The van der Waals surface area contributed by atoms with Gasteiger partial charge in [-0.05, 0) is 34.9 Å². The van der Waals surface area contributed by atoms with Gasteiger partial charge in [-0.15, -0.1) is 0 Å². The minimum atomic E-state index is -0.272. The van der Waals surface area contributed by atoms with E-state index in [1.54, 1.807) is 13.2 Å². The van der Waals surface area contributed by atoms with E-state index in [-0.39, 0.29) is 11.9 Å². The van der Waals surface area contributed by atoms with Gasteiger partial charge in [0.05, 0.1) is 13.2 Å².